The largest absolute Gasteiger partial charge is 0.312 e. The topological polar surface area (TPSA) is 64.7 Å². The summed E-state index contributed by atoms with van der Waals surface area (Å²) in [5, 5.41) is 12.2. The molecule has 6 heteroatoms. The fourth-order valence-corrected chi connectivity index (χ4v) is 2.38. The number of rotatable bonds is 3. The van der Waals surface area contributed by atoms with Crippen molar-refractivity contribution in [1.82, 2.24) is 24.9 Å². The van der Waals surface area contributed by atoms with Crippen molar-refractivity contribution in [2.45, 2.75) is 39.4 Å². The zero-order valence-electron chi connectivity index (χ0n) is 11.8. The highest BCUT2D eigenvalue weighted by atomic mass is 16.1. The van der Waals surface area contributed by atoms with Crippen LogP contribution >= 0.6 is 0 Å². The lowest BCUT2D eigenvalue weighted by atomic mass is 10.1. The molecular weight excluding hydrogens is 254 g/mol. The maximum absolute atomic E-state index is 12.1. The fraction of sp³-hybridized carbons (Fsp3) is 0.500. The van der Waals surface area contributed by atoms with Gasteiger partial charge in [-0.1, -0.05) is 0 Å². The lowest BCUT2D eigenvalue weighted by molar-refractivity contribution is 0.513. The average molecular weight is 273 g/mol. The molecule has 0 bridgehead atoms. The molecule has 106 valence electrons. The highest BCUT2D eigenvalue weighted by molar-refractivity contribution is 5.20. The Bertz CT molecular complexity index is 670. The summed E-state index contributed by atoms with van der Waals surface area (Å²) in [6, 6.07) is 3.95. The third-order valence-electron chi connectivity index (χ3n) is 3.52. The predicted octanol–water partition coefficient (Wildman–Crippen LogP) is 0.715. The van der Waals surface area contributed by atoms with E-state index in [4.69, 9.17) is 0 Å². The second-order valence-electron chi connectivity index (χ2n) is 5.42. The van der Waals surface area contributed by atoms with Crippen LogP contribution in [0.25, 0.3) is 0 Å². The van der Waals surface area contributed by atoms with Gasteiger partial charge in [0.25, 0.3) is 5.56 Å². The van der Waals surface area contributed by atoms with Gasteiger partial charge in [-0.15, -0.1) is 0 Å². The molecule has 0 saturated carbocycles. The van der Waals surface area contributed by atoms with Gasteiger partial charge in [-0.05, 0) is 25.5 Å². The van der Waals surface area contributed by atoms with Crippen molar-refractivity contribution in [3.8, 4) is 0 Å². The lowest BCUT2D eigenvalue weighted by Gasteiger charge is -2.16. The van der Waals surface area contributed by atoms with Gasteiger partial charge in [-0.3, -0.25) is 9.48 Å². The standard InChI is InChI=1S/C14H19N5O/c1-10(2)18-6-4-12(16-18)9-19-14(20)7-11-8-15-5-3-13(11)17-19/h4,6-7,10,15H,3,5,8-9H2,1-2H3. The lowest BCUT2D eigenvalue weighted by Crippen LogP contribution is -2.32. The monoisotopic (exact) mass is 273 g/mol. The summed E-state index contributed by atoms with van der Waals surface area (Å²) in [6.07, 6.45) is 2.81. The zero-order valence-corrected chi connectivity index (χ0v) is 11.8. The van der Waals surface area contributed by atoms with Crippen LogP contribution in [-0.2, 0) is 19.5 Å². The molecule has 3 rings (SSSR count). The summed E-state index contributed by atoms with van der Waals surface area (Å²) in [5.41, 5.74) is 2.84. The minimum atomic E-state index is -0.0634. The molecule has 0 aromatic carbocycles. The summed E-state index contributed by atoms with van der Waals surface area (Å²) in [7, 11) is 0. The quantitative estimate of drug-likeness (QED) is 0.894. The molecule has 0 radical (unpaired) electrons. The van der Waals surface area contributed by atoms with E-state index in [-0.39, 0.29) is 5.56 Å². The summed E-state index contributed by atoms with van der Waals surface area (Å²) < 4.78 is 3.40. The molecule has 1 aliphatic rings. The molecule has 2 aromatic rings. The molecule has 0 amide bonds. The van der Waals surface area contributed by atoms with Crippen LogP contribution in [0.1, 0.15) is 36.8 Å². The smallest absolute Gasteiger partial charge is 0.267 e. The van der Waals surface area contributed by atoms with Crippen molar-refractivity contribution >= 4 is 0 Å². The SMILES string of the molecule is CC(C)n1ccc(Cn2nc3c(cc2=O)CNCC3)n1. The highest BCUT2D eigenvalue weighted by Crippen LogP contribution is 2.09. The molecule has 0 spiro atoms. The van der Waals surface area contributed by atoms with E-state index < -0.39 is 0 Å². The van der Waals surface area contributed by atoms with Crippen molar-refractivity contribution in [3.63, 3.8) is 0 Å². The summed E-state index contributed by atoms with van der Waals surface area (Å²) in [6.45, 7) is 6.24. The fourth-order valence-electron chi connectivity index (χ4n) is 2.38. The van der Waals surface area contributed by atoms with E-state index in [0.29, 0.717) is 12.6 Å². The first-order chi connectivity index (χ1) is 9.63. The zero-order chi connectivity index (χ0) is 14.1. The van der Waals surface area contributed by atoms with E-state index in [9.17, 15) is 4.79 Å². The molecule has 6 nitrogen and oxygen atoms in total. The van der Waals surface area contributed by atoms with Crippen LogP contribution in [0.5, 0.6) is 0 Å². The minimum Gasteiger partial charge on any atom is -0.312 e. The molecule has 0 aliphatic carbocycles. The third kappa shape index (κ3) is 2.51. The molecule has 20 heavy (non-hydrogen) atoms. The van der Waals surface area contributed by atoms with Crippen molar-refractivity contribution in [2.24, 2.45) is 0 Å². The molecule has 2 aromatic heterocycles. The Balaban J connectivity index is 1.88. The number of hydrogen-bond acceptors (Lipinski definition) is 4. The van der Waals surface area contributed by atoms with Gasteiger partial charge in [0, 0.05) is 37.8 Å². The van der Waals surface area contributed by atoms with Gasteiger partial charge in [-0.25, -0.2) is 4.68 Å². The van der Waals surface area contributed by atoms with Crippen LogP contribution in [0.3, 0.4) is 0 Å². The van der Waals surface area contributed by atoms with E-state index in [1.165, 1.54) is 4.68 Å². The molecule has 3 heterocycles. The molecule has 0 atom stereocenters. The van der Waals surface area contributed by atoms with Crippen LogP contribution in [0.4, 0.5) is 0 Å². The number of hydrogen-bond donors (Lipinski definition) is 1. The number of fused-ring (bicyclic) bond motifs is 1. The van der Waals surface area contributed by atoms with E-state index in [1.807, 2.05) is 16.9 Å². The maximum Gasteiger partial charge on any atom is 0.267 e. The van der Waals surface area contributed by atoms with E-state index >= 15 is 0 Å². The van der Waals surface area contributed by atoms with Crippen LogP contribution in [-0.4, -0.2) is 26.1 Å². The van der Waals surface area contributed by atoms with Gasteiger partial charge in [0.05, 0.1) is 17.9 Å². The van der Waals surface area contributed by atoms with Gasteiger partial charge in [0.1, 0.15) is 0 Å². The molecule has 1 N–H and O–H groups in total. The Morgan fingerprint density at radius 2 is 2.25 bits per heavy atom. The maximum atomic E-state index is 12.1. The normalized spacial score (nSPS) is 14.6. The van der Waals surface area contributed by atoms with Gasteiger partial charge >= 0.3 is 0 Å². The molecule has 0 unspecified atom stereocenters. The second kappa shape index (κ2) is 5.20. The Morgan fingerprint density at radius 3 is 3.00 bits per heavy atom. The highest BCUT2D eigenvalue weighted by Gasteiger charge is 2.13. The second-order valence-corrected chi connectivity index (χ2v) is 5.42. The van der Waals surface area contributed by atoms with E-state index in [2.05, 4.69) is 29.4 Å². The van der Waals surface area contributed by atoms with Crippen molar-refractivity contribution in [3.05, 3.63) is 45.6 Å². The minimum absolute atomic E-state index is 0.0634. The Kier molecular flexibility index (Phi) is 3.40. The van der Waals surface area contributed by atoms with Gasteiger partial charge in [0.2, 0.25) is 0 Å². The van der Waals surface area contributed by atoms with Crippen molar-refractivity contribution < 1.29 is 0 Å². The van der Waals surface area contributed by atoms with Gasteiger partial charge in [-0.2, -0.15) is 10.2 Å². The summed E-state index contributed by atoms with van der Waals surface area (Å²) in [4.78, 5) is 12.1. The van der Waals surface area contributed by atoms with Crippen molar-refractivity contribution in [1.29, 1.82) is 0 Å². The molecule has 1 aliphatic heterocycles. The Labute approximate surface area is 117 Å². The molecule has 0 saturated heterocycles. The molecular formula is C14H19N5O. The van der Waals surface area contributed by atoms with Gasteiger partial charge < -0.3 is 5.32 Å². The average Bonchev–Trinajstić information content (AvgIpc) is 2.88. The number of nitrogens with one attached hydrogen (secondary N) is 1. The van der Waals surface area contributed by atoms with Crippen LogP contribution in [0.2, 0.25) is 0 Å². The number of aromatic nitrogens is 4. The van der Waals surface area contributed by atoms with E-state index in [0.717, 1.165) is 36.5 Å². The summed E-state index contributed by atoms with van der Waals surface area (Å²) in [5.74, 6) is 0. The van der Waals surface area contributed by atoms with Crippen LogP contribution < -0.4 is 10.9 Å². The Hall–Kier alpha value is -1.95. The van der Waals surface area contributed by atoms with Gasteiger partial charge in [0.15, 0.2) is 0 Å². The molecule has 0 fully saturated rings. The van der Waals surface area contributed by atoms with E-state index in [1.54, 1.807) is 6.07 Å². The third-order valence-corrected chi connectivity index (χ3v) is 3.52. The van der Waals surface area contributed by atoms with Crippen molar-refractivity contribution in [2.75, 3.05) is 6.54 Å². The number of nitrogens with zero attached hydrogens (tertiary/aromatic N) is 4. The first-order valence-corrected chi connectivity index (χ1v) is 6.98. The summed E-state index contributed by atoms with van der Waals surface area (Å²) >= 11 is 0. The first-order valence-electron chi connectivity index (χ1n) is 6.98. The predicted molar refractivity (Wildman–Crippen MR) is 75.6 cm³/mol. The van der Waals surface area contributed by atoms with Crippen LogP contribution in [0.15, 0.2) is 23.1 Å². The Morgan fingerprint density at radius 1 is 1.40 bits per heavy atom. The first kappa shape index (κ1) is 13.1. The van der Waals surface area contributed by atoms with Crippen LogP contribution in [0, 0.1) is 0 Å².